The van der Waals surface area contributed by atoms with Crippen molar-refractivity contribution in [2.75, 3.05) is 13.7 Å². The Morgan fingerprint density at radius 3 is 2.53 bits per heavy atom. The topological polar surface area (TPSA) is 29.5 Å². The van der Waals surface area contributed by atoms with E-state index in [4.69, 9.17) is 4.74 Å². The van der Waals surface area contributed by atoms with Gasteiger partial charge in [0.05, 0.1) is 7.11 Å². The maximum absolute atomic E-state index is 13.5. The number of amides is 1. The fourth-order valence-electron chi connectivity index (χ4n) is 1.71. The minimum atomic E-state index is -0.516. The third-order valence-corrected chi connectivity index (χ3v) is 2.62. The smallest absolute Gasteiger partial charge is 0.254 e. The molecular formula is C13H18FNO2. The Kier molecular flexibility index (Phi) is 4.49. The van der Waals surface area contributed by atoms with E-state index < -0.39 is 5.82 Å². The molecule has 0 saturated carbocycles. The van der Waals surface area contributed by atoms with Crippen LogP contribution < -0.4 is 4.74 Å². The maximum atomic E-state index is 13.5. The molecular weight excluding hydrogens is 221 g/mol. The molecule has 0 aliphatic rings. The summed E-state index contributed by atoms with van der Waals surface area (Å²) in [6.07, 6.45) is 0. The summed E-state index contributed by atoms with van der Waals surface area (Å²) in [6.45, 7) is 6.37. The van der Waals surface area contributed by atoms with Crippen molar-refractivity contribution in [1.82, 2.24) is 4.90 Å². The van der Waals surface area contributed by atoms with Crippen LogP contribution in [0.15, 0.2) is 18.2 Å². The van der Waals surface area contributed by atoms with Gasteiger partial charge in [0.25, 0.3) is 5.91 Å². The highest BCUT2D eigenvalue weighted by Gasteiger charge is 2.18. The van der Waals surface area contributed by atoms with Crippen LogP contribution in [0.4, 0.5) is 4.39 Å². The molecule has 3 nitrogen and oxygen atoms in total. The van der Waals surface area contributed by atoms with Gasteiger partial charge in [-0.1, -0.05) is 0 Å². The summed E-state index contributed by atoms with van der Waals surface area (Å²) < 4.78 is 18.3. The van der Waals surface area contributed by atoms with Gasteiger partial charge in [0.1, 0.15) is 0 Å². The van der Waals surface area contributed by atoms with E-state index in [1.165, 1.54) is 19.2 Å². The van der Waals surface area contributed by atoms with Gasteiger partial charge in [0.2, 0.25) is 0 Å². The Morgan fingerprint density at radius 2 is 2.12 bits per heavy atom. The van der Waals surface area contributed by atoms with E-state index in [0.29, 0.717) is 12.1 Å². The molecule has 0 aliphatic carbocycles. The second-order valence-electron chi connectivity index (χ2n) is 4.03. The van der Waals surface area contributed by atoms with Crippen molar-refractivity contribution in [3.05, 3.63) is 29.6 Å². The second kappa shape index (κ2) is 5.66. The van der Waals surface area contributed by atoms with Crippen molar-refractivity contribution in [2.24, 2.45) is 0 Å². The number of halogens is 1. The third kappa shape index (κ3) is 2.96. The fraction of sp³-hybridized carbons (Fsp3) is 0.462. The van der Waals surface area contributed by atoms with Crippen LogP contribution in [0, 0.1) is 5.82 Å². The number of hydrogen-bond acceptors (Lipinski definition) is 2. The number of carbonyl (C=O) groups excluding carboxylic acids is 1. The Labute approximate surface area is 101 Å². The minimum Gasteiger partial charge on any atom is -0.494 e. The Morgan fingerprint density at radius 1 is 1.47 bits per heavy atom. The average molecular weight is 239 g/mol. The molecule has 0 aromatic heterocycles. The lowest BCUT2D eigenvalue weighted by Gasteiger charge is -2.25. The van der Waals surface area contributed by atoms with E-state index >= 15 is 0 Å². The van der Waals surface area contributed by atoms with Gasteiger partial charge in [-0.25, -0.2) is 4.39 Å². The molecule has 0 unspecified atom stereocenters. The van der Waals surface area contributed by atoms with E-state index in [1.807, 2.05) is 20.8 Å². The van der Waals surface area contributed by atoms with Crippen LogP contribution in [0.25, 0.3) is 0 Å². The van der Waals surface area contributed by atoms with E-state index in [2.05, 4.69) is 0 Å². The molecule has 0 aliphatic heterocycles. The predicted octanol–water partition coefficient (Wildman–Crippen LogP) is 2.70. The van der Waals surface area contributed by atoms with Crippen molar-refractivity contribution >= 4 is 5.91 Å². The molecule has 0 atom stereocenters. The van der Waals surface area contributed by atoms with Crippen molar-refractivity contribution < 1.29 is 13.9 Å². The molecule has 0 fully saturated rings. The van der Waals surface area contributed by atoms with Gasteiger partial charge in [0.15, 0.2) is 11.6 Å². The molecule has 1 rings (SSSR count). The highest BCUT2D eigenvalue weighted by Crippen LogP contribution is 2.19. The first-order valence-electron chi connectivity index (χ1n) is 5.65. The summed E-state index contributed by atoms with van der Waals surface area (Å²) in [7, 11) is 1.40. The molecule has 94 valence electrons. The lowest BCUT2D eigenvalue weighted by atomic mass is 10.1. The molecule has 0 N–H and O–H groups in total. The van der Waals surface area contributed by atoms with Crippen LogP contribution in [0.5, 0.6) is 5.75 Å². The van der Waals surface area contributed by atoms with Crippen LogP contribution in [-0.2, 0) is 0 Å². The minimum absolute atomic E-state index is 0.0951. The number of nitrogens with zero attached hydrogens (tertiary/aromatic N) is 1. The van der Waals surface area contributed by atoms with Gasteiger partial charge >= 0.3 is 0 Å². The largest absolute Gasteiger partial charge is 0.494 e. The first kappa shape index (κ1) is 13.5. The van der Waals surface area contributed by atoms with Gasteiger partial charge in [-0.15, -0.1) is 0 Å². The van der Waals surface area contributed by atoms with Gasteiger partial charge in [-0.3, -0.25) is 4.79 Å². The molecule has 0 radical (unpaired) electrons. The van der Waals surface area contributed by atoms with Crippen molar-refractivity contribution in [3.63, 3.8) is 0 Å². The molecule has 0 spiro atoms. The lowest BCUT2D eigenvalue weighted by molar-refractivity contribution is 0.0716. The van der Waals surface area contributed by atoms with E-state index in [1.54, 1.807) is 11.0 Å². The Hall–Kier alpha value is -1.58. The summed E-state index contributed by atoms with van der Waals surface area (Å²) in [6, 6.07) is 4.36. The second-order valence-corrected chi connectivity index (χ2v) is 4.03. The van der Waals surface area contributed by atoms with Gasteiger partial charge in [0, 0.05) is 18.2 Å². The Bertz CT molecular complexity index is 404. The maximum Gasteiger partial charge on any atom is 0.254 e. The number of benzene rings is 1. The summed E-state index contributed by atoms with van der Waals surface area (Å²) in [4.78, 5) is 13.8. The highest BCUT2D eigenvalue weighted by molar-refractivity contribution is 5.94. The van der Waals surface area contributed by atoms with Crippen molar-refractivity contribution in [2.45, 2.75) is 26.8 Å². The molecule has 0 bridgehead atoms. The van der Waals surface area contributed by atoms with Crippen LogP contribution in [-0.4, -0.2) is 30.5 Å². The molecule has 17 heavy (non-hydrogen) atoms. The summed E-state index contributed by atoms with van der Waals surface area (Å²) in [5.41, 5.74) is 0.346. The van der Waals surface area contributed by atoms with Gasteiger partial charge in [-0.2, -0.15) is 0 Å². The third-order valence-electron chi connectivity index (χ3n) is 2.62. The van der Waals surface area contributed by atoms with Gasteiger partial charge < -0.3 is 9.64 Å². The highest BCUT2D eigenvalue weighted by atomic mass is 19.1. The lowest BCUT2D eigenvalue weighted by Crippen LogP contribution is -2.36. The first-order chi connectivity index (χ1) is 8.01. The number of rotatable bonds is 4. The van der Waals surface area contributed by atoms with Crippen LogP contribution in [0.3, 0.4) is 0 Å². The van der Waals surface area contributed by atoms with Crippen LogP contribution in [0.1, 0.15) is 31.1 Å². The molecule has 0 heterocycles. The molecule has 1 aromatic carbocycles. The fourth-order valence-corrected chi connectivity index (χ4v) is 1.71. The number of methoxy groups -OCH3 is 1. The first-order valence-corrected chi connectivity index (χ1v) is 5.65. The quantitative estimate of drug-likeness (QED) is 0.808. The Balaban J connectivity index is 3.00. The average Bonchev–Trinajstić information content (AvgIpc) is 2.29. The zero-order valence-electron chi connectivity index (χ0n) is 10.7. The van der Waals surface area contributed by atoms with Gasteiger partial charge in [-0.05, 0) is 39.0 Å². The van der Waals surface area contributed by atoms with E-state index in [9.17, 15) is 9.18 Å². The molecule has 0 saturated heterocycles. The van der Waals surface area contributed by atoms with E-state index in [0.717, 1.165) is 0 Å². The zero-order chi connectivity index (χ0) is 13.0. The number of carbonyl (C=O) groups is 1. The van der Waals surface area contributed by atoms with Crippen LogP contribution >= 0.6 is 0 Å². The predicted molar refractivity (Wildman–Crippen MR) is 64.8 cm³/mol. The summed E-state index contributed by atoms with van der Waals surface area (Å²) in [5, 5.41) is 0. The number of hydrogen-bond donors (Lipinski definition) is 0. The normalized spacial score (nSPS) is 10.5. The monoisotopic (exact) mass is 239 g/mol. The SMILES string of the molecule is CCN(C(=O)c1ccc(OC)c(F)c1)C(C)C. The van der Waals surface area contributed by atoms with Crippen LogP contribution in [0.2, 0.25) is 0 Å². The van der Waals surface area contributed by atoms with Crippen molar-refractivity contribution in [3.8, 4) is 5.75 Å². The van der Waals surface area contributed by atoms with Crippen molar-refractivity contribution in [1.29, 1.82) is 0 Å². The molecule has 1 aromatic rings. The number of ether oxygens (including phenoxy) is 1. The zero-order valence-corrected chi connectivity index (χ0v) is 10.7. The standard InChI is InChI=1S/C13H18FNO2/c1-5-15(9(2)3)13(16)10-6-7-12(17-4)11(14)8-10/h6-9H,5H2,1-4H3. The molecule has 4 heteroatoms. The van der Waals surface area contributed by atoms with E-state index in [-0.39, 0.29) is 17.7 Å². The summed E-state index contributed by atoms with van der Waals surface area (Å²) in [5.74, 6) is -0.531. The summed E-state index contributed by atoms with van der Waals surface area (Å²) >= 11 is 0. The molecule has 1 amide bonds.